The van der Waals surface area contributed by atoms with Gasteiger partial charge < -0.3 is 19.9 Å². The zero-order valence-corrected chi connectivity index (χ0v) is 16.7. The summed E-state index contributed by atoms with van der Waals surface area (Å²) in [6, 6.07) is 9.96. The molecule has 2 aromatic heterocycles. The highest BCUT2D eigenvalue weighted by Crippen LogP contribution is 2.28. The number of aromatic nitrogens is 3. The van der Waals surface area contributed by atoms with Crippen LogP contribution in [0, 0.1) is 0 Å². The van der Waals surface area contributed by atoms with Gasteiger partial charge >= 0.3 is 5.97 Å². The third kappa shape index (κ3) is 4.44. The highest BCUT2D eigenvalue weighted by Gasteiger charge is 2.19. The van der Waals surface area contributed by atoms with Crippen molar-refractivity contribution in [2.45, 2.75) is 25.4 Å². The zero-order valence-electron chi connectivity index (χ0n) is 16.7. The largest absolute Gasteiger partial charge is 0.497 e. The molecular weight excluding hydrogens is 384 g/mol. The number of carboxylic acids is 1. The van der Waals surface area contributed by atoms with Gasteiger partial charge in [-0.05, 0) is 42.7 Å². The maximum atomic E-state index is 11.1. The van der Waals surface area contributed by atoms with Gasteiger partial charge in [0.05, 0.1) is 30.3 Å². The normalized spacial score (nSPS) is 15.0. The van der Waals surface area contributed by atoms with Crippen LogP contribution in [0.2, 0.25) is 0 Å². The minimum atomic E-state index is -1.02. The molecule has 1 aliphatic heterocycles. The molecule has 0 aliphatic carbocycles. The minimum Gasteiger partial charge on any atom is -0.497 e. The molecule has 3 aromatic rings. The number of hydrogen-bond acceptors (Lipinski definition) is 6. The van der Waals surface area contributed by atoms with Crippen molar-refractivity contribution < 1.29 is 19.4 Å². The van der Waals surface area contributed by atoms with Crippen LogP contribution in [0.3, 0.4) is 0 Å². The summed E-state index contributed by atoms with van der Waals surface area (Å²) in [5, 5.41) is 18.1. The molecule has 8 nitrogen and oxygen atoms in total. The van der Waals surface area contributed by atoms with E-state index in [1.807, 2.05) is 35.0 Å². The lowest BCUT2D eigenvalue weighted by molar-refractivity contribution is -0.131. The Labute approximate surface area is 174 Å². The summed E-state index contributed by atoms with van der Waals surface area (Å²) in [6.07, 6.45) is 6.17. The number of hydrogen-bond donors (Lipinski definition) is 2. The number of carboxylic acid groups (broad SMARTS) is 1. The molecule has 0 radical (unpaired) electrons. The van der Waals surface area contributed by atoms with E-state index in [9.17, 15) is 4.79 Å². The lowest BCUT2D eigenvalue weighted by Crippen LogP contribution is -2.28. The number of nitrogens with one attached hydrogen (secondary N) is 1. The molecular formula is C22H24N4O4. The van der Waals surface area contributed by atoms with Crippen LogP contribution in [0.1, 0.15) is 24.1 Å². The topological polar surface area (TPSA) is 98.5 Å². The number of methoxy groups -OCH3 is 1. The van der Waals surface area contributed by atoms with Gasteiger partial charge in [0.1, 0.15) is 11.6 Å². The third-order valence-electron chi connectivity index (χ3n) is 5.13. The molecule has 1 aromatic carbocycles. The van der Waals surface area contributed by atoms with Gasteiger partial charge in [0.2, 0.25) is 0 Å². The van der Waals surface area contributed by atoms with Crippen molar-refractivity contribution in [1.29, 1.82) is 0 Å². The Morgan fingerprint density at radius 2 is 2.07 bits per heavy atom. The second-order valence-electron chi connectivity index (χ2n) is 7.15. The van der Waals surface area contributed by atoms with Crippen LogP contribution in [0.25, 0.3) is 17.0 Å². The van der Waals surface area contributed by atoms with Crippen molar-refractivity contribution in [3.05, 3.63) is 53.9 Å². The number of anilines is 1. The number of aliphatic carboxylic acids is 1. The zero-order chi connectivity index (χ0) is 20.9. The summed E-state index contributed by atoms with van der Waals surface area (Å²) in [5.41, 5.74) is 2.52. The lowest BCUT2D eigenvalue weighted by Gasteiger charge is -2.23. The van der Waals surface area contributed by atoms with Crippen molar-refractivity contribution in [1.82, 2.24) is 14.8 Å². The van der Waals surface area contributed by atoms with Gasteiger partial charge in [-0.15, -0.1) is 0 Å². The lowest BCUT2D eigenvalue weighted by atomic mass is 10.1. The van der Waals surface area contributed by atoms with E-state index in [1.54, 1.807) is 13.3 Å². The number of carbonyl (C=O) groups is 1. The summed E-state index contributed by atoms with van der Waals surface area (Å²) in [4.78, 5) is 15.6. The van der Waals surface area contributed by atoms with Crippen molar-refractivity contribution in [2.75, 3.05) is 25.6 Å². The summed E-state index contributed by atoms with van der Waals surface area (Å²) >= 11 is 0. The average molecular weight is 408 g/mol. The van der Waals surface area contributed by atoms with E-state index >= 15 is 0 Å². The fourth-order valence-electron chi connectivity index (χ4n) is 3.59. The predicted octanol–water partition coefficient (Wildman–Crippen LogP) is 3.18. The van der Waals surface area contributed by atoms with E-state index in [2.05, 4.69) is 15.4 Å². The number of fused-ring (bicyclic) bond motifs is 1. The Hall–Kier alpha value is -3.39. The third-order valence-corrected chi connectivity index (χ3v) is 5.13. The average Bonchev–Trinajstić information content (AvgIpc) is 3.12. The highest BCUT2D eigenvalue weighted by molar-refractivity contribution is 5.98. The van der Waals surface area contributed by atoms with E-state index in [-0.39, 0.29) is 6.04 Å². The standard InChI is InChI=1S/C22H24N4O4/c1-29-17-4-2-15(3-5-17)14-26-19-8-11-23-22(24-16-9-12-30-13-10-16)21(19)18(25-26)6-7-20(27)28/h2-8,11,16H,9-10,12-14H2,1H3,(H,23,24)(H,27,28). The second kappa shape index (κ2) is 8.96. The molecule has 30 heavy (non-hydrogen) atoms. The number of nitrogens with zero attached hydrogens (tertiary/aromatic N) is 3. The van der Waals surface area contributed by atoms with Crippen molar-refractivity contribution >= 4 is 28.8 Å². The van der Waals surface area contributed by atoms with Crippen LogP contribution in [-0.2, 0) is 16.1 Å². The van der Waals surface area contributed by atoms with Crippen molar-refractivity contribution in [3.63, 3.8) is 0 Å². The molecule has 156 valence electrons. The molecule has 0 atom stereocenters. The van der Waals surface area contributed by atoms with Crippen molar-refractivity contribution in [2.24, 2.45) is 0 Å². The Morgan fingerprint density at radius 3 is 2.77 bits per heavy atom. The first-order valence-electron chi connectivity index (χ1n) is 9.88. The van der Waals surface area contributed by atoms with Gasteiger partial charge in [0, 0.05) is 31.5 Å². The molecule has 0 amide bonds. The number of pyridine rings is 1. The summed E-state index contributed by atoms with van der Waals surface area (Å²) in [5.74, 6) is 0.488. The first-order chi connectivity index (χ1) is 14.6. The predicted molar refractivity (Wildman–Crippen MR) is 114 cm³/mol. The Morgan fingerprint density at radius 1 is 1.30 bits per heavy atom. The summed E-state index contributed by atoms with van der Waals surface area (Å²) in [6.45, 7) is 1.98. The SMILES string of the molecule is COc1ccc(Cn2nc(C=CC(=O)O)c3c(NC4CCOCC4)nccc32)cc1. The molecule has 1 aliphatic rings. The van der Waals surface area contributed by atoms with Crippen LogP contribution in [0.15, 0.2) is 42.6 Å². The van der Waals surface area contributed by atoms with Gasteiger partial charge in [0.25, 0.3) is 0 Å². The van der Waals surface area contributed by atoms with Crippen LogP contribution in [0.4, 0.5) is 5.82 Å². The molecule has 3 heterocycles. The van der Waals surface area contributed by atoms with Gasteiger partial charge in [-0.25, -0.2) is 9.78 Å². The Kier molecular flexibility index (Phi) is 5.94. The van der Waals surface area contributed by atoms with Gasteiger partial charge in [0.15, 0.2) is 0 Å². The molecule has 0 unspecified atom stereocenters. The molecule has 0 saturated carbocycles. The first-order valence-corrected chi connectivity index (χ1v) is 9.88. The van der Waals surface area contributed by atoms with E-state index in [4.69, 9.17) is 14.6 Å². The molecule has 4 rings (SSSR count). The van der Waals surface area contributed by atoms with E-state index in [1.165, 1.54) is 6.08 Å². The molecule has 1 saturated heterocycles. The maximum absolute atomic E-state index is 11.1. The van der Waals surface area contributed by atoms with Crippen LogP contribution >= 0.6 is 0 Å². The maximum Gasteiger partial charge on any atom is 0.328 e. The summed E-state index contributed by atoms with van der Waals surface area (Å²) in [7, 11) is 1.64. The quantitative estimate of drug-likeness (QED) is 0.579. The molecule has 8 heteroatoms. The monoisotopic (exact) mass is 408 g/mol. The van der Waals surface area contributed by atoms with Crippen LogP contribution < -0.4 is 10.1 Å². The van der Waals surface area contributed by atoms with E-state index in [0.717, 1.165) is 54.3 Å². The van der Waals surface area contributed by atoms with Gasteiger partial charge in [-0.1, -0.05) is 12.1 Å². The van der Waals surface area contributed by atoms with Gasteiger partial charge in [-0.2, -0.15) is 5.10 Å². The number of benzene rings is 1. The fourth-order valence-corrected chi connectivity index (χ4v) is 3.59. The van der Waals surface area contributed by atoms with Crippen LogP contribution in [0.5, 0.6) is 5.75 Å². The smallest absolute Gasteiger partial charge is 0.328 e. The number of rotatable bonds is 7. The second-order valence-corrected chi connectivity index (χ2v) is 7.15. The van der Waals surface area contributed by atoms with E-state index < -0.39 is 5.97 Å². The Balaban J connectivity index is 1.72. The Bertz CT molecular complexity index is 1050. The van der Waals surface area contributed by atoms with Crippen molar-refractivity contribution in [3.8, 4) is 5.75 Å². The molecule has 0 bridgehead atoms. The van der Waals surface area contributed by atoms with Crippen LogP contribution in [-0.4, -0.2) is 52.2 Å². The van der Waals surface area contributed by atoms with E-state index in [0.29, 0.717) is 18.1 Å². The molecule has 0 spiro atoms. The fraction of sp³-hybridized carbons (Fsp3) is 0.318. The first kappa shape index (κ1) is 19.9. The van der Waals surface area contributed by atoms with Gasteiger partial charge in [-0.3, -0.25) is 4.68 Å². The molecule has 1 fully saturated rings. The highest BCUT2D eigenvalue weighted by atomic mass is 16.5. The summed E-state index contributed by atoms with van der Waals surface area (Å²) < 4.78 is 12.5. The molecule has 2 N–H and O–H groups in total. The number of ether oxygens (including phenoxy) is 2. The minimum absolute atomic E-state index is 0.262.